The molecule has 3 rings (SSSR count). The van der Waals surface area contributed by atoms with Crippen molar-refractivity contribution in [1.29, 1.82) is 0 Å². The predicted molar refractivity (Wildman–Crippen MR) is 136 cm³/mol. The summed E-state index contributed by atoms with van der Waals surface area (Å²) in [6, 6.07) is 7.75. The molecule has 11 heteroatoms. The van der Waals surface area contributed by atoms with E-state index in [4.69, 9.17) is 0 Å². The van der Waals surface area contributed by atoms with Crippen LogP contribution in [0.4, 0.5) is 0 Å². The first-order chi connectivity index (χ1) is 15.3. The normalized spacial score (nSPS) is 28.1. The molecule has 0 amide bonds. The van der Waals surface area contributed by atoms with E-state index in [1.807, 2.05) is 19.1 Å². The van der Waals surface area contributed by atoms with Gasteiger partial charge in [0.25, 0.3) is 10.0 Å². The topological polar surface area (TPSA) is 92.3 Å². The zero-order valence-corrected chi connectivity index (χ0v) is 23.3. The van der Waals surface area contributed by atoms with E-state index in [0.29, 0.717) is 70.3 Å². The van der Waals surface area contributed by atoms with Crippen molar-refractivity contribution in [3.05, 3.63) is 29.8 Å². The van der Waals surface area contributed by atoms with Gasteiger partial charge in [0.05, 0.1) is 5.75 Å². The summed E-state index contributed by atoms with van der Waals surface area (Å²) in [7, 11) is -8.71. The summed E-state index contributed by atoms with van der Waals surface area (Å²) in [5.74, 6) is 0.174. The van der Waals surface area contributed by atoms with Gasteiger partial charge in [-0.2, -0.15) is 16.8 Å². The molecule has 2 fully saturated rings. The Morgan fingerprint density at radius 3 is 1.70 bits per heavy atom. The SMILES string of the molecule is Cc1ccc(S(=O)(=O)[N+]23CCNCC[N+](S(=O)(=O)CC[Si](C)(C)C)(CCNCC2)CC3)cc1. The van der Waals surface area contributed by atoms with Gasteiger partial charge in [-0.3, -0.25) is 0 Å². The summed E-state index contributed by atoms with van der Waals surface area (Å²) in [4.78, 5) is 0.311. The minimum Gasteiger partial charge on any atom is -0.306 e. The van der Waals surface area contributed by atoms with Crippen molar-refractivity contribution in [2.45, 2.75) is 37.5 Å². The molecule has 33 heavy (non-hydrogen) atoms. The molecule has 188 valence electrons. The molecule has 1 aromatic carbocycles. The highest BCUT2D eigenvalue weighted by molar-refractivity contribution is 7.86. The van der Waals surface area contributed by atoms with Crippen LogP contribution < -0.4 is 10.6 Å². The molecule has 0 radical (unpaired) electrons. The number of nitrogens with one attached hydrogen (secondary N) is 2. The van der Waals surface area contributed by atoms with E-state index >= 15 is 0 Å². The van der Waals surface area contributed by atoms with Crippen molar-refractivity contribution >= 4 is 28.1 Å². The van der Waals surface area contributed by atoms with E-state index in [2.05, 4.69) is 30.3 Å². The number of fused-ring (bicyclic) bond motifs is 3. The van der Waals surface area contributed by atoms with E-state index in [-0.39, 0.29) is 13.5 Å². The van der Waals surface area contributed by atoms with Gasteiger partial charge in [-0.1, -0.05) is 37.3 Å². The lowest BCUT2D eigenvalue weighted by molar-refractivity contribution is -0.858. The zero-order valence-electron chi connectivity index (χ0n) is 20.6. The van der Waals surface area contributed by atoms with E-state index in [0.717, 1.165) is 11.6 Å². The van der Waals surface area contributed by atoms with Crippen molar-refractivity contribution in [3.8, 4) is 0 Å². The summed E-state index contributed by atoms with van der Waals surface area (Å²) >= 11 is 0. The Kier molecular flexibility index (Phi) is 8.15. The standard InChI is InChI=1S/C22H42N4O4S2Si/c1-21-5-7-22(8-6-21)32(29,30)26-15-11-23-9-13-25(17-18-26,14-10-24-12-16-26)31(27,28)19-20-33(2,3)4/h5-8,23-24H,9-20H2,1-4H3/q+2. The van der Waals surface area contributed by atoms with Crippen molar-refractivity contribution < 1.29 is 24.6 Å². The highest BCUT2D eigenvalue weighted by Gasteiger charge is 2.50. The first kappa shape index (κ1) is 26.8. The lowest BCUT2D eigenvalue weighted by Crippen LogP contribution is -2.62. The van der Waals surface area contributed by atoms with Gasteiger partial charge in [0.2, 0.25) is 0 Å². The quantitative estimate of drug-likeness (QED) is 0.434. The second-order valence-corrected chi connectivity index (χ2v) is 21.0. The fraction of sp³-hybridized carbons (Fsp3) is 0.727. The second kappa shape index (κ2) is 10.0. The van der Waals surface area contributed by atoms with Crippen LogP contribution in [0.3, 0.4) is 0 Å². The number of hydrogen-bond donors (Lipinski definition) is 2. The molecular formula is C22H42N4O4S2Si+2. The molecule has 2 N–H and O–H groups in total. The molecule has 2 aliphatic rings. The Balaban J connectivity index is 2.04. The monoisotopic (exact) mass is 518 g/mol. The summed E-state index contributed by atoms with van der Waals surface area (Å²) in [6.45, 7) is 13.1. The van der Waals surface area contributed by atoms with Gasteiger partial charge < -0.3 is 10.6 Å². The first-order valence-corrected chi connectivity index (χ1v) is 18.8. The molecule has 0 aliphatic carbocycles. The molecule has 1 aromatic rings. The smallest absolute Gasteiger partial charge is 0.306 e. The third kappa shape index (κ3) is 5.88. The maximum Gasteiger partial charge on any atom is 0.327 e. The van der Waals surface area contributed by atoms with E-state index in [1.54, 1.807) is 12.1 Å². The number of aryl methyl sites for hydroxylation is 1. The Hall–Kier alpha value is -0.823. The van der Waals surface area contributed by atoms with Crippen LogP contribution in [0.2, 0.25) is 25.7 Å². The molecule has 0 aromatic heterocycles. The maximum absolute atomic E-state index is 14.0. The van der Waals surface area contributed by atoms with Crippen molar-refractivity contribution in [2.24, 2.45) is 0 Å². The van der Waals surface area contributed by atoms with Gasteiger partial charge in [0.15, 0.2) is 0 Å². The van der Waals surface area contributed by atoms with Gasteiger partial charge >= 0.3 is 10.0 Å². The van der Waals surface area contributed by atoms with Crippen molar-refractivity contribution in [3.63, 3.8) is 0 Å². The molecule has 2 bridgehead atoms. The molecule has 8 nitrogen and oxygen atoms in total. The fourth-order valence-corrected chi connectivity index (χ4v) is 11.6. The third-order valence-corrected chi connectivity index (χ3v) is 14.2. The Labute approximate surface area is 201 Å². The summed E-state index contributed by atoms with van der Waals surface area (Å²) < 4.78 is 55.5. The van der Waals surface area contributed by atoms with E-state index < -0.39 is 28.1 Å². The number of hydrogen-bond acceptors (Lipinski definition) is 6. The number of sulfonamides is 2. The van der Waals surface area contributed by atoms with Crippen LogP contribution in [0.25, 0.3) is 0 Å². The highest BCUT2D eigenvalue weighted by Crippen LogP contribution is 2.28. The number of rotatable bonds is 6. The summed E-state index contributed by atoms with van der Waals surface area (Å²) in [6.07, 6.45) is 0. The molecule has 0 unspecified atom stereocenters. The fourth-order valence-electron chi connectivity index (χ4n) is 4.76. The average molecular weight is 519 g/mol. The van der Waals surface area contributed by atoms with Crippen LogP contribution in [-0.4, -0.2) is 104 Å². The Morgan fingerprint density at radius 2 is 1.21 bits per heavy atom. The second-order valence-electron chi connectivity index (χ2n) is 10.8. The first-order valence-electron chi connectivity index (χ1n) is 12.0. The molecule has 0 spiro atoms. The number of benzene rings is 1. The average Bonchev–Trinajstić information content (AvgIpc) is 2.88. The van der Waals surface area contributed by atoms with Crippen molar-refractivity contribution in [2.75, 3.05) is 71.2 Å². The lowest BCUT2D eigenvalue weighted by atomic mass is 10.2. The van der Waals surface area contributed by atoms with Gasteiger partial charge in [-0.15, -0.1) is 0 Å². The van der Waals surface area contributed by atoms with Crippen LogP contribution in [-0.2, 0) is 20.0 Å². The van der Waals surface area contributed by atoms with Gasteiger partial charge in [-0.05, 0) is 25.1 Å². The number of quaternary nitrogens is 2. The maximum atomic E-state index is 14.0. The molecule has 2 saturated heterocycles. The minimum absolute atomic E-state index is 0.0408. The third-order valence-electron chi connectivity index (χ3n) is 7.23. The van der Waals surface area contributed by atoms with Crippen LogP contribution >= 0.6 is 0 Å². The largest absolute Gasteiger partial charge is 0.327 e. The van der Waals surface area contributed by atoms with Crippen LogP contribution in [0.15, 0.2) is 29.2 Å². The highest BCUT2D eigenvalue weighted by atomic mass is 32.2. The van der Waals surface area contributed by atoms with Crippen LogP contribution in [0.1, 0.15) is 5.56 Å². The van der Waals surface area contributed by atoms with Gasteiger partial charge in [0, 0.05) is 34.3 Å². The lowest BCUT2D eigenvalue weighted by Gasteiger charge is -2.40. The van der Waals surface area contributed by atoms with E-state index in [9.17, 15) is 16.8 Å². The predicted octanol–water partition coefficient (Wildman–Crippen LogP) is 1.19. The van der Waals surface area contributed by atoms with Gasteiger partial charge in [0.1, 0.15) is 44.2 Å². The minimum atomic E-state index is -3.71. The Morgan fingerprint density at radius 1 is 0.758 bits per heavy atom. The zero-order chi connectivity index (χ0) is 24.4. The Bertz CT molecular complexity index is 1010. The van der Waals surface area contributed by atoms with E-state index in [1.165, 1.54) is 0 Å². The molecule has 0 atom stereocenters. The van der Waals surface area contributed by atoms with Gasteiger partial charge in [-0.25, -0.2) is 7.78 Å². The molecular weight excluding hydrogens is 476 g/mol. The van der Waals surface area contributed by atoms with Crippen LogP contribution in [0.5, 0.6) is 0 Å². The number of nitrogens with zero attached hydrogens (tertiary/aromatic N) is 2. The molecule has 2 heterocycles. The molecule has 2 aliphatic heterocycles. The van der Waals surface area contributed by atoms with Crippen LogP contribution in [0, 0.1) is 6.92 Å². The molecule has 0 saturated carbocycles. The van der Waals surface area contributed by atoms with Crippen molar-refractivity contribution in [1.82, 2.24) is 10.6 Å². The summed E-state index contributed by atoms with van der Waals surface area (Å²) in [5.41, 5.74) is 1.01. The summed E-state index contributed by atoms with van der Waals surface area (Å²) in [5, 5.41) is 6.72.